The Kier molecular flexibility index (Phi) is 5.54. The van der Waals surface area contributed by atoms with Gasteiger partial charge in [0, 0.05) is 16.1 Å². The maximum atomic E-state index is 14.4. The Labute approximate surface area is 155 Å². The van der Waals surface area contributed by atoms with Crippen molar-refractivity contribution in [3.63, 3.8) is 0 Å². The summed E-state index contributed by atoms with van der Waals surface area (Å²) in [6, 6.07) is 18.8. The van der Waals surface area contributed by atoms with E-state index in [2.05, 4.69) is 0 Å². The van der Waals surface area contributed by atoms with Crippen LogP contribution in [0.25, 0.3) is 11.1 Å². The molecule has 0 atom stereocenters. The zero-order chi connectivity index (χ0) is 18.5. The lowest BCUT2D eigenvalue weighted by molar-refractivity contribution is -0.136. The van der Waals surface area contributed by atoms with Gasteiger partial charge in [-0.3, -0.25) is 4.79 Å². The van der Waals surface area contributed by atoms with Crippen molar-refractivity contribution in [2.75, 3.05) is 0 Å². The molecule has 0 bridgehead atoms. The highest BCUT2D eigenvalue weighted by Gasteiger charge is 2.14. The second-order valence-corrected chi connectivity index (χ2v) is 6.24. The van der Waals surface area contributed by atoms with Crippen LogP contribution in [0, 0.1) is 5.82 Å². The summed E-state index contributed by atoms with van der Waals surface area (Å²) in [5.41, 5.74) is 2.27. The molecule has 0 saturated carbocycles. The molecule has 5 heteroatoms. The molecule has 1 N–H and O–H groups in total. The van der Waals surface area contributed by atoms with E-state index in [0.717, 1.165) is 5.56 Å². The van der Waals surface area contributed by atoms with Crippen molar-refractivity contribution in [1.82, 2.24) is 0 Å². The van der Waals surface area contributed by atoms with E-state index < -0.39 is 11.8 Å². The lowest BCUT2D eigenvalue weighted by Crippen LogP contribution is -2.02. The van der Waals surface area contributed by atoms with Gasteiger partial charge in [0.25, 0.3) is 0 Å². The highest BCUT2D eigenvalue weighted by molar-refractivity contribution is 6.30. The zero-order valence-corrected chi connectivity index (χ0v) is 14.5. The maximum Gasteiger partial charge on any atom is 0.307 e. The number of ether oxygens (including phenoxy) is 1. The minimum atomic E-state index is -0.958. The molecule has 3 rings (SSSR count). The molecule has 3 aromatic rings. The summed E-state index contributed by atoms with van der Waals surface area (Å²) in [7, 11) is 0. The van der Waals surface area contributed by atoms with Crippen LogP contribution in [0.3, 0.4) is 0 Å². The Morgan fingerprint density at radius 3 is 2.46 bits per heavy atom. The number of aliphatic carboxylic acids is 1. The molecule has 0 aliphatic heterocycles. The average Bonchev–Trinajstić information content (AvgIpc) is 2.63. The van der Waals surface area contributed by atoms with Crippen LogP contribution in [-0.2, 0) is 17.8 Å². The lowest BCUT2D eigenvalue weighted by atomic mass is 10.00. The van der Waals surface area contributed by atoms with Crippen molar-refractivity contribution < 1.29 is 19.0 Å². The molecule has 0 unspecified atom stereocenters. The van der Waals surface area contributed by atoms with Gasteiger partial charge in [0.05, 0.1) is 6.42 Å². The number of carbonyl (C=O) groups is 1. The zero-order valence-electron chi connectivity index (χ0n) is 13.8. The molecule has 0 fully saturated rings. The van der Waals surface area contributed by atoms with Crippen LogP contribution in [0.2, 0.25) is 5.02 Å². The average molecular weight is 371 g/mol. The van der Waals surface area contributed by atoms with Crippen molar-refractivity contribution in [2.24, 2.45) is 0 Å². The summed E-state index contributed by atoms with van der Waals surface area (Å²) in [6.45, 7) is 0.314. The van der Waals surface area contributed by atoms with Crippen LogP contribution in [-0.4, -0.2) is 11.1 Å². The van der Waals surface area contributed by atoms with Gasteiger partial charge in [-0.15, -0.1) is 0 Å². The van der Waals surface area contributed by atoms with Crippen molar-refractivity contribution >= 4 is 17.6 Å². The highest BCUT2D eigenvalue weighted by Crippen LogP contribution is 2.35. The van der Waals surface area contributed by atoms with Gasteiger partial charge in [-0.25, -0.2) is 4.39 Å². The molecule has 0 spiro atoms. The number of halogens is 2. The van der Waals surface area contributed by atoms with E-state index in [1.165, 1.54) is 18.2 Å². The predicted molar refractivity (Wildman–Crippen MR) is 99.0 cm³/mol. The quantitative estimate of drug-likeness (QED) is 0.636. The van der Waals surface area contributed by atoms with Gasteiger partial charge in [0.15, 0.2) is 0 Å². The fourth-order valence-electron chi connectivity index (χ4n) is 2.64. The van der Waals surface area contributed by atoms with Crippen LogP contribution < -0.4 is 4.74 Å². The second-order valence-electron chi connectivity index (χ2n) is 5.80. The first-order chi connectivity index (χ1) is 12.5. The Morgan fingerprint density at radius 2 is 1.73 bits per heavy atom. The molecular weight excluding hydrogens is 355 g/mol. The first-order valence-electron chi connectivity index (χ1n) is 8.00. The van der Waals surface area contributed by atoms with Crippen molar-refractivity contribution in [1.29, 1.82) is 0 Å². The summed E-state index contributed by atoms with van der Waals surface area (Å²) in [4.78, 5) is 11.0. The molecule has 0 aliphatic carbocycles. The molecule has 0 aromatic heterocycles. The molecule has 132 valence electrons. The SMILES string of the molecule is O=C(O)Cc1ccc(OCc2ccccc2)c(-c2cc(Cl)ccc2F)c1. The number of hydrogen-bond donors (Lipinski definition) is 1. The predicted octanol–water partition coefficient (Wildman–Crippen LogP) is 5.35. The third-order valence-corrected chi connectivity index (χ3v) is 4.09. The minimum absolute atomic E-state index is 0.159. The standard InChI is InChI=1S/C21H16ClFO3/c22-16-7-8-19(23)17(12-16)18-10-15(11-21(24)25)6-9-20(18)26-13-14-4-2-1-3-5-14/h1-10,12H,11,13H2,(H,24,25). The van der Waals surface area contributed by atoms with Gasteiger partial charge >= 0.3 is 5.97 Å². The molecule has 3 aromatic carbocycles. The van der Waals surface area contributed by atoms with Crippen LogP contribution in [0.1, 0.15) is 11.1 Å². The van der Waals surface area contributed by atoms with E-state index in [1.807, 2.05) is 30.3 Å². The van der Waals surface area contributed by atoms with E-state index in [-0.39, 0.29) is 12.0 Å². The van der Waals surface area contributed by atoms with E-state index >= 15 is 0 Å². The Bertz CT molecular complexity index is 926. The lowest BCUT2D eigenvalue weighted by Gasteiger charge is -2.14. The first-order valence-corrected chi connectivity index (χ1v) is 8.37. The monoisotopic (exact) mass is 370 g/mol. The summed E-state index contributed by atoms with van der Waals surface area (Å²) < 4.78 is 20.2. The number of hydrogen-bond acceptors (Lipinski definition) is 2. The van der Waals surface area contributed by atoms with Gasteiger partial charge in [0.2, 0.25) is 0 Å². The van der Waals surface area contributed by atoms with Gasteiger partial charge in [-0.05, 0) is 41.5 Å². The van der Waals surface area contributed by atoms with E-state index in [1.54, 1.807) is 18.2 Å². The van der Waals surface area contributed by atoms with E-state index in [9.17, 15) is 9.18 Å². The Balaban J connectivity index is 1.99. The molecule has 0 heterocycles. The van der Waals surface area contributed by atoms with Crippen LogP contribution >= 0.6 is 11.6 Å². The molecule has 3 nitrogen and oxygen atoms in total. The van der Waals surface area contributed by atoms with Gasteiger partial charge in [0.1, 0.15) is 18.2 Å². The topological polar surface area (TPSA) is 46.5 Å². The summed E-state index contributed by atoms with van der Waals surface area (Å²) in [5.74, 6) is -0.948. The Hall–Kier alpha value is -2.85. The van der Waals surface area contributed by atoms with Crippen molar-refractivity contribution in [3.05, 3.63) is 88.7 Å². The molecular formula is C21H16ClFO3. The summed E-state index contributed by atoms with van der Waals surface area (Å²) in [6.07, 6.45) is -0.159. The molecule has 0 radical (unpaired) electrons. The van der Waals surface area contributed by atoms with Gasteiger partial charge in [-0.2, -0.15) is 0 Å². The van der Waals surface area contributed by atoms with Gasteiger partial charge < -0.3 is 9.84 Å². The molecule has 0 aliphatic rings. The molecule has 0 saturated heterocycles. The fraction of sp³-hybridized carbons (Fsp3) is 0.0952. The van der Waals surface area contributed by atoms with Crippen LogP contribution in [0.4, 0.5) is 4.39 Å². The Morgan fingerprint density at radius 1 is 0.962 bits per heavy atom. The second kappa shape index (κ2) is 8.02. The summed E-state index contributed by atoms with van der Waals surface area (Å²) in [5, 5.41) is 9.41. The summed E-state index contributed by atoms with van der Waals surface area (Å²) >= 11 is 6.01. The normalized spacial score (nSPS) is 10.5. The van der Waals surface area contributed by atoms with Crippen molar-refractivity contribution in [3.8, 4) is 16.9 Å². The first kappa shape index (κ1) is 18.0. The number of carboxylic acid groups (broad SMARTS) is 1. The third kappa shape index (κ3) is 4.41. The molecule has 0 amide bonds. The van der Waals surface area contributed by atoms with Gasteiger partial charge in [-0.1, -0.05) is 48.0 Å². The smallest absolute Gasteiger partial charge is 0.307 e. The molecule has 26 heavy (non-hydrogen) atoms. The number of rotatable bonds is 6. The van der Waals surface area contributed by atoms with E-state index in [4.69, 9.17) is 21.4 Å². The van der Waals surface area contributed by atoms with Crippen molar-refractivity contribution in [2.45, 2.75) is 13.0 Å². The highest BCUT2D eigenvalue weighted by atomic mass is 35.5. The largest absolute Gasteiger partial charge is 0.488 e. The van der Waals surface area contributed by atoms with E-state index in [0.29, 0.717) is 28.5 Å². The van der Waals surface area contributed by atoms with Crippen LogP contribution in [0.15, 0.2) is 66.7 Å². The fourth-order valence-corrected chi connectivity index (χ4v) is 2.81. The minimum Gasteiger partial charge on any atom is -0.488 e. The van der Waals surface area contributed by atoms with Crippen LogP contribution in [0.5, 0.6) is 5.75 Å². The third-order valence-electron chi connectivity index (χ3n) is 3.86. The number of carboxylic acids is 1. The number of benzene rings is 3. The maximum absolute atomic E-state index is 14.4.